The third kappa shape index (κ3) is 3.46. The lowest BCUT2D eigenvalue weighted by Crippen LogP contribution is -2.48. The summed E-state index contributed by atoms with van der Waals surface area (Å²) >= 11 is 0. The van der Waals surface area contributed by atoms with Crippen LogP contribution in [0.2, 0.25) is 0 Å². The number of hydrogen-bond donors (Lipinski definition) is 1. The van der Waals surface area contributed by atoms with E-state index in [9.17, 15) is 5.11 Å². The maximum atomic E-state index is 9.85. The number of aliphatic hydroxyl groups is 1. The van der Waals surface area contributed by atoms with Crippen molar-refractivity contribution in [1.82, 2.24) is 4.90 Å². The molecule has 16 heavy (non-hydrogen) atoms. The quantitative estimate of drug-likeness (QED) is 0.801. The fraction of sp³-hybridized carbons (Fsp3) is 1.00. The summed E-state index contributed by atoms with van der Waals surface area (Å²) in [6, 6.07) is 0.559. The molecule has 0 aromatic rings. The van der Waals surface area contributed by atoms with Crippen LogP contribution < -0.4 is 0 Å². The molecule has 96 valence electrons. The Morgan fingerprint density at radius 2 is 1.88 bits per heavy atom. The lowest BCUT2D eigenvalue weighted by atomic mass is 9.68. The van der Waals surface area contributed by atoms with Gasteiger partial charge in [0.2, 0.25) is 0 Å². The van der Waals surface area contributed by atoms with Gasteiger partial charge in [0.25, 0.3) is 0 Å². The van der Waals surface area contributed by atoms with Gasteiger partial charge in [-0.1, -0.05) is 27.7 Å². The Labute approximate surface area is 101 Å². The fourth-order valence-corrected chi connectivity index (χ4v) is 3.14. The molecule has 1 N–H and O–H groups in total. The second-order valence-electron chi connectivity index (χ2n) is 6.49. The van der Waals surface area contributed by atoms with Gasteiger partial charge in [0.1, 0.15) is 0 Å². The van der Waals surface area contributed by atoms with Crippen LogP contribution in [0.1, 0.15) is 53.4 Å². The lowest BCUT2D eigenvalue weighted by Gasteiger charge is -2.46. The molecule has 0 aliphatic heterocycles. The third-order valence-corrected chi connectivity index (χ3v) is 4.04. The van der Waals surface area contributed by atoms with Crippen molar-refractivity contribution < 1.29 is 5.11 Å². The molecule has 1 fully saturated rings. The van der Waals surface area contributed by atoms with Crippen LogP contribution in [0.5, 0.6) is 0 Å². The third-order valence-electron chi connectivity index (χ3n) is 4.04. The van der Waals surface area contributed by atoms with Gasteiger partial charge < -0.3 is 10.0 Å². The molecule has 0 spiro atoms. The molecule has 0 aromatic carbocycles. The van der Waals surface area contributed by atoms with Crippen LogP contribution in [0.15, 0.2) is 0 Å². The van der Waals surface area contributed by atoms with Crippen molar-refractivity contribution >= 4 is 0 Å². The molecule has 1 saturated carbocycles. The van der Waals surface area contributed by atoms with E-state index >= 15 is 0 Å². The minimum Gasteiger partial charge on any atom is -0.393 e. The highest BCUT2D eigenvalue weighted by atomic mass is 16.3. The first-order valence-electron chi connectivity index (χ1n) is 6.74. The molecule has 1 rings (SSSR count). The Morgan fingerprint density at radius 1 is 1.25 bits per heavy atom. The summed E-state index contributed by atoms with van der Waals surface area (Å²) in [4.78, 5) is 2.46. The Kier molecular flexibility index (Phi) is 4.81. The van der Waals surface area contributed by atoms with Gasteiger partial charge in [-0.15, -0.1) is 0 Å². The van der Waals surface area contributed by atoms with E-state index < -0.39 is 0 Å². The zero-order chi connectivity index (χ0) is 12.3. The second kappa shape index (κ2) is 5.50. The molecule has 0 saturated heterocycles. The first-order chi connectivity index (χ1) is 7.36. The van der Waals surface area contributed by atoms with E-state index in [1.807, 2.05) is 0 Å². The molecule has 0 amide bonds. The number of nitrogens with zero attached hydrogens (tertiary/aromatic N) is 1. The van der Waals surface area contributed by atoms with E-state index in [4.69, 9.17) is 0 Å². The van der Waals surface area contributed by atoms with Crippen molar-refractivity contribution in [3.63, 3.8) is 0 Å². The molecule has 1 aliphatic rings. The first-order valence-corrected chi connectivity index (χ1v) is 6.74. The van der Waals surface area contributed by atoms with Crippen LogP contribution in [-0.4, -0.2) is 35.7 Å². The average Bonchev–Trinajstić information content (AvgIpc) is 2.16. The van der Waals surface area contributed by atoms with Crippen molar-refractivity contribution in [2.75, 3.05) is 13.6 Å². The van der Waals surface area contributed by atoms with Gasteiger partial charge in [0, 0.05) is 6.04 Å². The SMILES string of the molecule is CCCN(C)C1CC(O)CCC1C(C)(C)C. The van der Waals surface area contributed by atoms with E-state index in [2.05, 4.69) is 39.6 Å². The maximum absolute atomic E-state index is 9.85. The monoisotopic (exact) mass is 227 g/mol. The van der Waals surface area contributed by atoms with Crippen LogP contribution >= 0.6 is 0 Å². The minimum absolute atomic E-state index is 0.0806. The Bertz CT molecular complexity index is 209. The van der Waals surface area contributed by atoms with E-state index in [-0.39, 0.29) is 6.10 Å². The van der Waals surface area contributed by atoms with Crippen molar-refractivity contribution in [3.8, 4) is 0 Å². The standard InChI is InChI=1S/C14H29NO/c1-6-9-15(5)13-10-11(16)7-8-12(13)14(2,3)4/h11-13,16H,6-10H2,1-5H3. The molecule has 2 nitrogen and oxygen atoms in total. The van der Waals surface area contributed by atoms with Crippen molar-refractivity contribution in [2.24, 2.45) is 11.3 Å². The summed E-state index contributed by atoms with van der Waals surface area (Å²) in [7, 11) is 2.21. The largest absolute Gasteiger partial charge is 0.393 e. The van der Waals surface area contributed by atoms with Crippen LogP contribution in [-0.2, 0) is 0 Å². The summed E-state index contributed by atoms with van der Waals surface area (Å²) in [5, 5.41) is 9.85. The summed E-state index contributed by atoms with van der Waals surface area (Å²) in [5.41, 5.74) is 0.354. The Morgan fingerprint density at radius 3 is 2.38 bits per heavy atom. The van der Waals surface area contributed by atoms with Gasteiger partial charge in [-0.2, -0.15) is 0 Å². The molecule has 3 unspecified atom stereocenters. The molecule has 3 atom stereocenters. The van der Waals surface area contributed by atoms with E-state index in [1.165, 1.54) is 12.8 Å². The summed E-state index contributed by atoms with van der Waals surface area (Å²) < 4.78 is 0. The highest BCUT2D eigenvalue weighted by Crippen LogP contribution is 2.40. The van der Waals surface area contributed by atoms with E-state index in [0.29, 0.717) is 17.4 Å². The van der Waals surface area contributed by atoms with Gasteiger partial charge in [-0.3, -0.25) is 0 Å². The normalized spacial score (nSPS) is 32.1. The predicted octanol–water partition coefficient (Wildman–Crippen LogP) is 2.90. The van der Waals surface area contributed by atoms with Crippen molar-refractivity contribution in [1.29, 1.82) is 0 Å². The summed E-state index contributed by atoms with van der Waals surface area (Å²) in [5.74, 6) is 0.715. The molecule has 0 bridgehead atoms. The smallest absolute Gasteiger partial charge is 0.0555 e. The Hall–Kier alpha value is -0.0800. The maximum Gasteiger partial charge on any atom is 0.0555 e. The van der Waals surface area contributed by atoms with Crippen LogP contribution in [0, 0.1) is 11.3 Å². The summed E-state index contributed by atoms with van der Waals surface area (Å²) in [6.45, 7) is 10.4. The number of rotatable bonds is 3. The van der Waals surface area contributed by atoms with Gasteiger partial charge >= 0.3 is 0 Å². The van der Waals surface area contributed by atoms with Gasteiger partial charge in [-0.25, -0.2) is 0 Å². The molecular formula is C14H29NO. The van der Waals surface area contributed by atoms with E-state index in [0.717, 1.165) is 19.4 Å². The molecule has 0 aromatic heterocycles. The second-order valence-corrected chi connectivity index (χ2v) is 6.49. The predicted molar refractivity (Wildman–Crippen MR) is 69.5 cm³/mol. The lowest BCUT2D eigenvalue weighted by molar-refractivity contribution is -0.00204. The van der Waals surface area contributed by atoms with Gasteiger partial charge in [0.05, 0.1) is 6.10 Å². The number of aliphatic hydroxyl groups excluding tert-OH is 1. The minimum atomic E-state index is -0.0806. The zero-order valence-electron chi connectivity index (χ0n) is 11.7. The highest BCUT2D eigenvalue weighted by Gasteiger charge is 2.38. The highest BCUT2D eigenvalue weighted by molar-refractivity contribution is 4.91. The van der Waals surface area contributed by atoms with Crippen molar-refractivity contribution in [3.05, 3.63) is 0 Å². The molecule has 0 radical (unpaired) electrons. The van der Waals surface area contributed by atoms with Gasteiger partial charge in [0.15, 0.2) is 0 Å². The Balaban J connectivity index is 2.72. The average molecular weight is 227 g/mol. The molecule has 0 heterocycles. The zero-order valence-corrected chi connectivity index (χ0v) is 11.7. The van der Waals surface area contributed by atoms with Crippen molar-refractivity contribution in [2.45, 2.75) is 65.5 Å². The molecule has 1 aliphatic carbocycles. The topological polar surface area (TPSA) is 23.5 Å². The van der Waals surface area contributed by atoms with Crippen LogP contribution in [0.3, 0.4) is 0 Å². The fourth-order valence-electron chi connectivity index (χ4n) is 3.14. The van der Waals surface area contributed by atoms with Crippen LogP contribution in [0.25, 0.3) is 0 Å². The molecular weight excluding hydrogens is 198 g/mol. The van der Waals surface area contributed by atoms with Crippen LogP contribution in [0.4, 0.5) is 0 Å². The molecule has 2 heteroatoms. The first kappa shape index (κ1) is 14.0. The van der Waals surface area contributed by atoms with Gasteiger partial charge in [-0.05, 0) is 50.6 Å². The number of hydrogen-bond acceptors (Lipinski definition) is 2. The summed E-state index contributed by atoms with van der Waals surface area (Å²) in [6.07, 6.45) is 4.23. The van der Waals surface area contributed by atoms with E-state index in [1.54, 1.807) is 0 Å².